The third-order valence-corrected chi connectivity index (χ3v) is 6.88. The summed E-state index contributed by atoms with van der Waals surface area (Å²) < 4.78 is 43.2. The molecule has 0 aliphatic rings. The van der Waals surface area contributed by atoms with Crippen LogP contribution in [0.1, 0.15) is 36.2 Å². The predicted octanol–water partition coefficient (Wildman–Crippen LogP) is 5.93. The standard InChI is InChI=1S/C25H24Br2N2O6S/c1-3-12-34-22-11-10-17(14-23(22)33-4-2)25(30)29-28-16-18-13-19(26)15-21(27)24(18)35-36(31,32)20-8-6-5-7-9-20/h5-11,13-16H,3-4,12H2,1-2H3,(H,29,30)/b28-16+. The van der Waals surface area contributed by atoms with Crippen molar-refractivity contribution in [2.75, 3.05) is 13.2 Å². The van der Waals surface area contributed by atoms with Crippen molar-refractivity contribution in [2.24, 2.45) is 5.10 Å². The molecule has 0 fully saturated rings. The van der Waals surface area contributed by atoms with Crippen LogP contribution in [0.3, 0.4) is 0 Å². The summed E-state index contributed by atoms with van der Waals surface area (Å²) in [7, 11) is -4.10. The van der Waals surface area contributed by atoms with E-state index in [1.807, 2.05) is 13.8 Å². The minimum atomic E-state index is -4.10. The maximum absolute atomic E-state index is 12.7. The van der Waals surface area contributed by atoms with E-state index in [2.05, 4.69) is 42.4 Å². The number of ether oxygens (including phenoxy) is 2. The van der Waals surface area contributed by atoms with Crippen LogP contribution in [0.25, 0.3) is 0 Å². The van der Waals surface area contributed by atoms with Crippen molar-refractivity contribution in [1.29, 1.82) is 0 Å². The fourth-order valence-electron chi connectivity index (χ4n) is 2.98. The predicted molar refractivity (Wildman–Crippen MR) is 145 cm³/mol. The van der Waals surface area contributed by atoms with Crippen molar-refractivity contribution < 1.29 is 26.9 Å². The molecule has 36 heavy (non-hydrogen) atoms. The second-order valence-corrected chi connectivity index (χ2v) is 10.6. The van der Waals surface area contributed by atoms with Crippen LogP contribution in [-0.4, -0.2) is 33.8 Å². The second-order valence-electron chi connectivity index (χ2n) is 7.30. The molecule has 3 aromatic rings. The van der Waals surface area contributed by atoms with Crippen molar-refractivity contribution in [3.8, 4) is 17.2 Å². The Balaban J connectivity index is 1.81. The normalized spacial score (nSPS) is 11.3. The Morgan fingerprint density at radius 2 is 1.75 bits per heavy atom. The smallest absolute Gasteiger partial charge is 0.339 e. The van der Waals surface area contributed by atoms with Gasteiger partial charge in [0.1, 0.15) is 4.90 Å². The van der Waals surface area contributed by atoms with Gasteiger partial charge in [-0.1, -0.05) is 41.1 Å². The average molecular weight is 640 g/mol. The fourth-order valence-corrected chi connectivity index (χ4v) is 5.42. The zero-order chi connectivity index (χ0) is 26.1. The summed E-state index contributed by atoms with van der Waals surface area (Å²) >= 11 is 6.70. The summed E-state index contributed by atoms with van der Waals surface area (Å²) in [6, 6.07) is 15.9. The molecule has 3 rings (SSSR count). The number of amides is 1. The summed E-state index contributed by atoms with van der Waals surface area (Å²) in [5.74, 6) is 0.554. The summed E-state index contributed by atoms with van der Waals surface area (Å²) in [4.78, 5) is 12.7. The van der Waals surface area contributed by atoms with Gasteiger partial charge in [-0.15, -0.1) is 0 Å². The molecule has 0 spiro atoms. The molecule has 3 aromatic carbocycles. The van der Waals surface area contributed by atoms with E-state index in [0.717, 1.165) is 6.42 Å². The van der Waals surface area contributed by atoms with Gasteiger partial charge in [-0.3, -0.25) is 4.79 Å². The Morgan fingerprint density at radius 3 is 2.44 bits per heavy atom. The third-order valence-electron chi connectivity index (χ3n) is 4.60. The molecule has 0 saturated carbocycles. The fraction of sp³-hybridized carbons (Fsp3) is 0.200. The third kappa shape index (κ3) is 7.31. The van der Waals surface area contributed by atoms with Gasteiger partial charge in [-0.2, -0.15) is 13.5 Å². The van der Waals surface area contributed by atoms with E-state index in [1.54, 1.807) is 48.5 Å². The molecule has 190 valence electrons. The zero-order valence-electron chi connectivity index (χ0n) is 19.5. The molecule has 1 N–H and O–H groups in total. The van der Waals surface area contributed by atoms with Crippen LogP contribution >= 0.6 is 31.9 Å². The monoisotopic (exact) mass is 638 g/mol. The number of halogens is 2. The van der Waals surface area contributed by atoms with Crippen molar-refractivity contribution in [3.63, 3.8) is 0 Å². The van der Waals surface area contributed by atoms with Crippen LogP contribution in [0.5, 0.6) is 17.2 Å². The lowest BCUT2D eigenvalue weighted by molar-refractivity contribution is 0.0954. The molecule has 0 radical (unpaired) electrons. The Morgan fingerprint density at radius 1 is 1.00 bits per heavy atom. The second kappa shape index (κ2) is 12.9. The molecule has 0 bridgehead atoms. The molecular weight excluding hydrogens is 616 g/mol. The van der Waals surface area contributed by atoms with Gasteiger partial charge in [0.25, 0.3) is 5.91 Å². The van der Waals surface area contributed by atoms with E-state index >= 15 is 0 Å². The van der Waals surface area contributed by atoms with Crippen molar-refractivity contribution in [2.45, 2.75) is 25.2 Å². The number of hydrogen-bond donors (Lipinski definition) is 1. The summed E-state index contributed by atoms with van der Waals surface area (Å²) in [5, 5.41) is 4.00. The Kier molecular flexibility index (Phi) is 9.91. The number of carbonyl (C=O) groups excluding carboxylic acids is 1. The SMILES string of the molecule is CCCOc1ccc(C(=O)N/N=C/c2cc(Br)cc(Br)c2OS(=O)(=O)c2ccccc2)cc1OCC. The van der Waals surface area contributed by atoms with Crippen molar-refractivity contribution in [1.82, 2.24) is 5.43 Å². The maximum atomic E-state index is 12.7. The number of carbonyl (C=O) groups is 1. The maximum Gasteiger partial charge on any atom is 0.339 e. The van der Waals surface area contributed by atoms with Gasteiger partial charge >= 0.3 is 10.1 Å². The first-order valence-electron chi connectivity index (χ1n) is 11.0. The Hall–Kier alpha value is -2.89. The Bertz CT molecular complexity index is 1350. The molecular formula is C25H24Br2N2O6S. The lowest BCUT2D eigenvalue weighted by Gasteiger charge is -2.13. The number of nitrogens with zero attached hydrogens (tertiary/aromatic N) is 1. The van der Waals surface area contributed by atoms with Gasteiger partial charge < -0.3 is 13.7 Å². The van der Waals surface area contributed by atoms with Gasteiger partial charge in [0, 0.05) is 15.6 Å². The minimum Gasteiger partial charge on any atom is -0.490 e. The van der Waals surface area contributed by atoms with Crippen LogP contribution in [0.2, 0.25) is 0 Å². The highest BCUT2D eigenvalue weighted by Gasteiger charge is 2.20. The highest BCUT2D eigenvalue weighted by molar-refractivity contribution is 9.11. The number of hydrazone groups is 1. The van der Waals surface area contributed by atoms with Crippen LogP contribution in [-0.2, 0) is 10.1 Å². The first kappa shape index (κ1) is 27.7. The zero-order valence-corrected chi connectivity index (χ0v) is 23.5. The number of rotatable bonds is 11. The molecule has 0 atom stereocenters. The molecule has 1 amide bonds. The van der Waals surface area contributed by atoms with E-state index < -0.39 is 16.0 Å². The molecule has 0 unspecified atom stereocenters. The Labute approximate surface area is 227 Å². The topological polar surface area (TPSA) is 103 Å². The van der Waals surface area contributed by atoms with Gasteiger partial charge in [-0.25, -0.2) is 5.43 Å². The molecule has 0 aliphatic carbocycles. The summed E-state index contributed by atoms with van der Waals surface area (Å²) in [5.41, 5.74) is 3.07. The highest BCUT2D eigenvalue weighted by Crippen LogP contribution is 2.34. The lowest BCUT2D eigenvalue weighted by atomic mass is 10.2. The average Bonchev–Trinajstić information content (AvgIpc) is 2.86. The largest absolute Gasteiger partial charge is 0.490 e. The summed E-state index contributed by atoms with van der Waals surface area (Å²) in [6.07, 6.45) is 2.14. The van der Waals surface area contributed by atoms with Crippen LogP contribution in [0, 0.1) is 0 Å². The number of nitrogens with one attached hydrogen (secondary N) is 1. The molecule has 8 nitrogen and oxygen atoms in total. The number of hydrogen-bond acceptors (Lipinski definition) is 7. The quantitative estimate of drug-likeness (QED) is 0.158. The van der Waals surface area contributed by atoms with Gasteiger partial charge in [0.15, 0.2) is 17.2 Å². The molecule has 0 aliphatic heterocycles. The van der Waals surface area contributed by atoms with Crippen molar-refractivity contribution in [3.05, 3.63) is 80.7 Å². The molecule has 0 heterocycles. The number of benzene rings is 3. The highest BCUT2D eigenvalue weighted by atomic mass is 79.9. The summed E-state index contributed by atoms with van der Waals surface area (Å²) in [6.45, 7) is 4.78. The first-order chi connectivity index (χ1) is 17.2. The molecule has 0 saturated heterocycles. The van der Waals surface area contributed by atoms with E-state index in [9.17, 15) is 13.2 Å². The van der Waals surface area contributed by atoms with Crippen LogP contribution in [0.15, 0.2) is 79.6 Å². The van der Waals surface area contributed by atoms with E-state index in [-0.39, 0.29) is 10.6 Å². The van der Waals surface area contributed by atoms with E-state index in [4.69, 9.17) is 13.7 Å². The molecule has 0 aromatic heterocycles. The first-order valence-corrected chi connectivity index (χ1v) is 14.0. The van der Waals surface area contributed by atoms with Gasteiger partial charge in [-0.05, 0) is 71.7 Å². The van der Waals surface area contributed by atoms with Crippen LogP contribution < -0.4 is 19.1 Å². The van der Waals surface area contributed by atoms with Gasteiger partial charge in [0.05, 0.1) is 23.9 Å². The van der Waals surface area contributed by atoms with Crippen molar-refractivity contribution >= 4 is 54.1 Å². The minimum absolute atomic E-state index is 0.00692. The van der Waals surface area contributed by atoms with E-state index in [1.165, 1.54) is 18.3 Å². The molecule has 11 heteroatoms. The van der Waals surface area contributed by atoms with Crippen LogP contribution in [0.4, 0.5) is 0 Å². The van der Waals surface area contributed by atoms with Gasteiger partial charge in [0.2, 0.25) is 0 Å². The van der Waals surface area contributed by atoms with E-state index in [0.29, 0.717) is 44.8 Å². The lowest BCUT2D eigenvalue weighted by Crippen LogP contribution is -2.18.